The van der Waals surface area contributed by atoms with Crippen molar-refractivity contribution in [3.05, 3.63) is 102 Å². The third-order valence-corrected chi connectivity index (χ3v) is 6.92. The maximum absolute atomic E-state index is 13.5. The Balaban J connectivity index is 1.46. The van der Waals surface area contributed by atoms with Crippen LogP contribution in [0.25, 0.3) is 22.3 Å². The van der Waals surface area contributed by atoms with Gasteiger partial charge in [-0.3, -0.25) is 14.7 Å². The molecule has 1 aromatic heterocycles. The van der Waals surface area contributed by atoms with Crippen LogP contribution in [0.15, 0.2) is 85.2 Å². The lowest BCUT2D eigenvalue weighted by Crippen LogP contribution is -2.35. The van der Waals surface area contributed by atoms with Crippen LogP contribution in [-0.4, -0.2) is 40.7 Å². The Hall–Kier alpha value is -4.98. The molecule has 4 aromatic rings. The van der Waals surface area contributed by atoms with Crippen molar-refractivity contribution in [1.29, 1.82) is 0 Å². The van der Waals surface area contributed by atoms with E-state index in [0.717, 1.165) is 33.5 Å². The van der Waals surface area contributed by atoms with Crippen LogP contribution in [0.3, 0.4) is 0 Å². The molecule has 0 saturated heterocycles. The first kappa shape index (κ1) is 30.5. The average Bonchev–Trinajstić information content (AvgIpc) is 3.39. The van der Waals surface area contributed by atoms with Crippen LogP contribution in [0, 0.1) is 0 Å². The summed E-state index contributed by atoms with van der Waals surface area (Å²) in [7, 11) is 0. The highest BCUT2D eigenvalue weighted by atomic mass is 16.6. The summed E-state index contributed by atoms with van der Waals surface area (Å²) < 4.78 is 11.2. The molecule has 2 amide bonds. The van der Waals surface area contributed by atoms with Gasteiger partial charge in [0.25, 0.3) is 5.91 Å². The van der Waals surface area contributed by atoms with E-state index in [9.17, 15) is 14.4 Å². The molecule has 8 nitrogen and oxygen atoms in total. The molecule has 0 atom stereocenters. The van der Waals surface area contributed by atoms with E-state index >= 15 is 0 Å². The fourth-order valence-corrected chi connectivity index (χ4v) is 4.97. The largest absolute Gasteiger partial charge is 0.456 e. The zero-order valence-corrected chi connectivity index (χ0v) is 25.9. The van der Waals surface area contributed by atoms with Gasteiger partial charge < -0.3 is 14.8 Å². The summed E-state index contributed by atoms with van der Waals surface area (Å²) in [6, 6.07) is 22.6. The van der Waals surface area contributed by atoms with Crippen molar-refractivity contribution in [2.45, 2.75) is 59.2 Å². The van der Waals surface area contributed by atoms with E-state index in [4.69, 9.17) is 9.47 Å². The Morgan fingerprint density at radius 1 is 0.750 bits per heavy atom. The van der Waals surface area contributed by atoms with Crippen molar-refractivity contribution in [2.75, 3.05) is 16.8 Å². The number of benzene rings is 3. The first-order valence-corrected chi connectivity index (χ1v) is 14.6. The number of nitrogens with zero attached hydrogens (tertiary/aromatic N) is 2. The highest BCUT2D eigenvalue weighted by Crippen LogP contribution is 2.35. The fraction of sp³-hybridized carbons (Fsp3) is 0.278. The SMILES string of the molecule is CC(C)(C)OC(=O)c1ccc(-c2ccc3c(c2)CCN3C(=O)OC(C)(C)C)cc1NC(=O)c1cncc(-c2ccccc2)c1. The van der Waals surface area contributed by atoms with Crippen LogP contribution in [0.5, 0.6) is 0 Å². The lowest BCUT2D eigenvalue weighted by atomic mass is 9.99. The maximum atomic E-state index is 13.5. The zero-order valence-electron chi connectivity index (χ0n) is 25.9. The molecule has 8 heteroatoms. The Bertz CT molecular complexity index is 1720. The Morgan fingerprint density at radius 3 is 2.14 bits per heavy atom. The van der Waals surface area contributed by atoms with Crippen molar-refractivity contribution >= 4 is 29.3 Å². The topological polar surface area (TPSA) is 97.8 Å². The number of ether oxygens (including phenoxy) is 2. The van der Waals surface area contributed by atoms with Crippen molar-refractivity contribution in [1.82, 2.24) is 4.98 Å². The molecule has 0 aliphatic carbocycles. The molecule has 0 bridgehead atoms. The Labute approximate surface area is 258 Å². The standard InChI is InChI=1S/C36H37N3O5/c1-35(2,3)43-33(41)29-14-12-25(24-13-15-31-26(18-24)16-17-39(31)34(42)44-36(4,5)6)20-30(29)38-32(40)28-19-27(21-37-22-28)23-10-8-7-9-11-23/h7-15,18-22H,16-17H2,1-6H3,(H,38,40). The van der Waals surface area contributed by atoms with Gasteiger partial charge in [-0.15, -0.1) is 0 Å². The summed E-state index contributed by atoms with van der Waals surface area (Å²) in [6.07, 6.45) is 3.51. The van der Waals surface area contributed by atoms with Crippen molar-refractivity contribution in [2.24, 2.45) is 0 Å². The quantitative estimate of drug-likeness (QED) is 0.237. The van der Waals surface area contributed by atoms with Crippen LogP contribution in [0.2, 0.25) is 0 Å². The van der Waals surface area contributed by atoms with Crippen LogP contribution in [-0.2, 0) is 15.9 Å². The number of amides is 2. The maximum Gasteiger partial charge on any atom is 0.414 e. The second kappa shape index (κ2) is 12.0. The third-order valence-electron chi connectivity index (χ3n) is 6.92. The number of pyridine rings is 1. The summed E-state index contributed by atoms with van der Waals surface area (Å²) in [5.41, 5.74) is 4.85. The highest BCUT2D eigenvalue weighted by molar-refractivity contribution is 6.09. The van der Waals surface area contributed by atoms with Gasteiger partial charge in [0.05, 0.1) is 22.5 Å². The molecular formula is C36H37N3O5. The number of hydrogen-bond donors (Lipinski definition) is 1. The van der Waals surface area contributed by atoms with Gasteiger partial charge >= 0.3 is 12.1 Å². The van der Waals surface area contributed by atoms with Gasteiger partial charge in [-0.2, -0.15) is 0 Å². The summed E-state index contributed by atoms with van der Waals surface area (Å²) in [5.74, 6) is -0.948. The minimum Gasteiger partial charge on any atom is -0.456 e. The number of carbonyl (C=O) groups is 3. The minimum absolute atomic E-state index is 0.237. The number of nitrogens with one attached hydrogen (secondary N) is 1. The lowest BCUT2D eigenvalue weighted by molar-refractivity contribution is 0.00705. The summed E-state index contributed by atoms with van der Waals surface area (Å²) in [4.78, 5) is 45.4. The van der Waals surface area contributed by atoms with Crippen molar-refractivity contribution in [3.63, 3.8) is 0 Å². The van der Waals surface area contributed by atoms with E-state index < -0.39 is 23.1 Å². The molecule has 0 radical (unpaired) electrons. The number of aromatic nitrogens is 1. The molecule has 0 spiro atoms. The summed E-state index contributed by atoms with van der Waals surface area (Å²) in [5, 5.41) is 2.93. The van der Waals surface area contributed by atoms with Gasteiger partial charge in [0, 0.05) is 24.5 Å². The minimum atomic E-state index is -0.717. The van der Waals surface area contributed by atoms with Crippen LogP contribution in [0.1, 0.15) is 67.8 Å². The number of hydrogen-bond acceptors (Lipinski definition) is 6. The molecule has 0 fully saturated rings. The van der Waals surface area contributed by atoms with Crippen molar-refractivity contribution < 1.29 is 23.9 Å². The van der Waals surface area contributed by atoms with E-state index in [0.29, 0.717) is 24.2 Å². The van der Waals surface area contributed by atoms with E-state index in [1.807, 2.05) is 75.4 Å². The molecule has 2 heterocycles. The second-order valence-corrected chi connectivity index (χ2v) is 12.8. The molecule has 226 valence electrons. The Morgan fingerprint density at radius 2 is 1.43 bits per heavy atom. The molecule has 1 aliphatic heterocycles. The molecule has 3 aromatic carbocycles. The molecule has 0 unspecified atom stereocenters. The van der Waals surface area contributed by atoms with Crippen molar-refractivity contribution in [3.8, 4) is 22.3 Å². The second-order valence-electron chi connectivity index (χ2n) is 12.8. The first-order chi connectivity index (χ1) is 20.8. The van der Waals surface area contributed by atoms with Gasteiger partial charge in [0.2, 0.25) is 0 Å². The summed E-state index contributed by atoms with van der Waals surface area (Å²) >= 11 is 0. The van der Waals surface area contributed by atoms with Gasteiger partial charge in [-0.1, -0.05) is 42.5 Å². The molecular weight excluding hydrogens is 554 g/mol. The van der Waals surface area contributed by atoms with Gasteiger partial charge in [0.1, 0.15) is 11.2 Å². The molecule has 5 rings (SSSR count). The lowest BCUT2D eigenvalue weighted by Gasteiger charge is -2.24. The average molecular weight is 592 g/mol. The third kappa shape index (κ3) is 7.14. The van der Waals surface area contributed by atoms with Gasteiger partial charge in [-0.05, 0) is 101 Å². The smallest absolute Gasteiger partial charge is 0.414 e. The fourth-order valence-electron chi connectivity index (χ4n) is 4.97. The van der Waals surface area contributed by atoms with E-state index in [1.165, 1.54) is 6.20 Å². The number of fused-ring (bicyclic) bond motifs is 1. The predicted octanol–water partition coefficient (Wildman–Crippen LogP) is 7.92. The normalized spacial score (nSPS) is 12.8. The molecule has 0 saturated carbocycles. The highest BCUT2D eigenvalue weighted by Gasteiger charge is 2.29. The van der Waals surface area contributed by atoms with E-state index in [1.54, 1.807) is 50.1 Å². The molecule has 1 N–H and O–H groups in total. The van der Waals surface area contributed by atoms with Gasteiger partial charge in [0.15, 0.2) is 0 Å². The number of anilines is 2. The number of carbonyl (C=O) groups excluding carboxylic acids is 3. The van der Waals surface area contributed by atoms with E-state index in [2.05, 4.69) is 10.3 Å². The molecule has 1 aliphatic rings. The van der Waals surface area contributed by atoms with Crippen LogP contribution in [0.4, 0.5) is 16.2 Å². The van der Waals surface area contributed by atoms with Crippen LogP contribution < -0.4 is 10.2 Å². The number of rotatable bonds is 5. The predicted molar refractivity (Wildman–Crippen MR) is 172 cm³/mol. The Kier molecular flexibility index (Phi) is 8.28. The molecule has 44 heavy (non-hydrogen) atoms. The number of esters is 1. The zero-order chi connectivity index (χ0) is 31.6. The van der Waals surface area contributed by atoms with Gasteiger partial charge in [-0.25, -0.2) is 9.59 Å². The summed E-state index contributed by atoms with van der Waals surface area (Å²) in [6.45, 7) is 11.5. The van der Waals surface area contributed by atoms with Crippen LogP contribution >= 0.6 is 0 Å². The monoisotopic (exact) mass is 591 g/mol. The first-order valence-electron chi connectivity index (χ1n) is 14.6. The van der Waals surface area contributed by atoms with E-state index in [-0.39, 0.29) is 11.7 Å².